The molecule has 1 amide bonds. The predicted molar refractivity (Wildman–Crippen MR) is 118 cm³/mol. The molecular weight excluding hydrogens is 388 g/mol. The fourth-order valence-corrected chi connectivity index (χ4v) is 3.76. The van der Waals surface area contributed by atoms with E-state index < -0.39 is 0 Å². The Bertz CT molecular complexity index is 805. The number of amides is 1. The highest BCUT2D eigenvalue weighted by molar-refractivity contribution is 6.32. The van der Waals surface area contributed by atoms with Crippen LogP contribution in [0.2, 0.25) is 5.02 Å². The van der Waals surface area contributed by atoms with Crippen molar-refractivity contribution in [1.29, 1.82) is 0 Å². The molecule has 1 aliphatic rings. The molecule has 1 fully saturated rings. The van der Waals surface area contributed by atoms with E-state index in [2.05, 4.69) is 34.5 Å². The molecule has 29 heavy (non-hydrogen) atoms. The zero-order valence-corrected chi connectivity index (χ0v) is 17.9. The van der Waals surface area contributed by atoms with Crippen LogP contribution in [0.1, 0.15) is 43.5 Å². The summed E-state index contributed by atoms with van der Waals surface area (Å²) in [5.74, 6) is 0.883. The van der Waals surface area contributed by atoms with Gasteiger partial charge in [-0.15, -0.1) is 0 Å². The van der Waals surface area contributed by atoms with Gasteiger partial charge in [0.1, 0.15) is 0 Å². The van der Waals surface area contributed by atoms with Gasteiger partial charge in [-0.1, -0.05) is 36.7 Å². The van der Waals surface area contributed by atoms with Crippen LogP contribution in [-0.4, -0.2) is 38.3 Å². The van der Waals surface area contributed by atoms with E-state index >= 15 is 0 Å². The summed E-state index contributed by atoms with van der Waals surface area (Å²) < 4.78 is 11.4. The highest BCUT2D eigenvalue weighted by Crippen LogP contribution is 2.37. The third kappa shape index (κ3) is 5.57. The molecule has 1 saturated heterocycles. The molecular formula is C23H29ClN2O3. The maximum atomic E-state index is 12.8. The monoisotopic (exact) mass is 416 g/mol. The average molecular weight is 417 g/mol. The molecule has 1 heterocycles. The van der Waals surface area contributed by atoms with Gasteiger partial charge in [-0.25, -0.2) is 0 Å². The number of carbonyl (C=O) groups excluding carboxylic acids is 1. The quantitative estimate of drug-likeness (QED) is 0.663. The number of hydrogen-bond donors (Lipinski definition) is 1. The van der Waals surface area contributed by atoms with Crippen LogP contribution in [0.5, 0.6) is 11.5 Å². The van der Waals surface area contributed by atoms with E-state index in [1.165, 1.54) is 5.69 Å². The standard InChI is InChI=1S/C23H29ClN2O3/c1-3-14-29-22-20(24)15-17(16-21(22)28-4-2)23(27)25-18-10-12-26(13-11-18)19-8-6-5-7-9-19/h5-9,15-16,18H,3-4,10-14H2,1-2H3,(H,25,27). The minimum absolute atomic E-state index is 0.131. The Hall–Kier alpha value is -2.40. The Morgan fingerprint density at radius 1 is 1.14 bits per heavy atom. The number of nitrogens with one attached hydrogen (secondary N) is 1. The summed E-state index contributed by atoms with van der Waals surface area (Å²) in [6.45, 7) is 6.78. The number of anilines is 1. The van der Waals surface area contributed by atoms with Crippen molar-refractivity contribution < 1.29 is 14.3 Å². The molecule has 1 N–H and O–H groups in total. The first-order valence-corrected chi connectivity index (χ1v) is 10.7. The summed E-state index contributed by atoms with van der Waals surface area (Å²) in [7, 11) is 0. The Morgan fingerprint density at radius 3 is 2.52 bits per heavy atom. The van der Waals surface area contributed by atoms with E-state index in [0.29, 0.717) is 35.3 Å². The molecule has 0 atom stereocenters. The largest absolute Gasteiger partial charge is 0.490 e. The molecule has 0 radical (unpaired) electrons. The first kappa shape index (κ1) is 21.3. The lowest BCUT2D eigenvalue weighted by Gasteiger charge is -2.34. The molecule has 0 saturated carbocycles. The topological polar surface area (TPSA) is 50.8 Å². The summed E-state index contributed by atoms with van der Waals surface area (Å²) in [5.41, 5.74) is 1.72. The van der Waals surface area contributed by atoms with Gasteiger partial charge in [-0.3, -0.25) is 4.79 Å². The molecule has 2 aromatic rings. The number of nitrogens with zero attached hydrogens (tertiary/aromatic N) is 1. The van der Waals surface area contributed by atoms with Crippen molar-refractivity contribution in [3.8, 4) is 11.5 Å². The van der Waals surface area contributed by atoms with Gasteiger partial charge in [-0.05, 0) is 50.5 Å². The Balaban J connectivity index is 1.63. The van der Waals surface area contributed by atoms with Crippen LogP contribution in [0.4, 0.5) is 5.69 Å². The molecule has 1 aliphatic heterocycles. The van der Waals surface area contributed by atoms with Crippen LogP contribution in [0.15, 0.2) is 42.5 Å². The van der Waals surface area contributed by atoms with Crippen LogP contribution in [0, 0.1) is 0 Å². The van der Waals surface area contributed by atoms with Crippen molar-refractivity contribution in [1.82, 2.24) is 5.32 Å². The van der Waals surface area contributed by atoms with E-state index in [1.807, 2.05) is 19.9 Å². The summed E-state index contributed by atoms with van der Waals surface area (Å²) in [6.07, 6.45) is 2.68. The number of benzene rings is 2. The number of carbonyl (C=O) groups is 1. The fraction of sp³-hybridized carbons (Fsp3) is 0.435. The number of para-hydroxylation sites is 1. The van der Waals surface area contributed by atoms with Gasteiger partial charge in [0.25, 0.3) is 5.91 Å². The van der Waals surface area contributed by atoms with Crippen molar-refractivity contribution in [2.24, 2.45) is 0 Å². The molecule has 0 unspecified atom stereocenters. The molecule has 0 aromatic heterocycles. The van der Waals surface area contributed by atoms with Gasteiger partial charge in [-0.2, -0.15) is 0 Å². The normalized spacial score (nSPS) is 14.5. The third-order valence-electron chi connectivity index (χ3n) is 4.97. The average Bonchev–Trinajstić information content (AvgIpc) is 2.74. The van der Waals surface area contributed by atoms with Crippen molar-refractivity contribution in [3.63, 3.8) is 0 Å². The summed E-state index contributed by atoms with van der Waals surface area (Å²) in [4.78, 5) is 15.2. The molecule has 2 aromatic carbocycles. The SMILES string of the molecule is CCCOc1c(Cl)cc(C(=O)NC2CCN(c3ccccc3)CC2)cc1OCC. The second-order valence-electron chi connectivity index (χ2n) is 7.14. The Kier molecular flexibility index (Phi) is 7.64. The predicted octanol–water partition coefficient (Wildman–Crippen LogP) is 4.93. The van der Waals surface area contributed by atoms with E-state index in [9.17, 15) is 4.79 Å². The number of ether oxygens (including phenoxy) is 2. The maximum absolute atomic E-state index is 12.8. The highest BCUT2D eigenvalue weighted by Gasteiger charge is 2.23. The lowest BCUT2D eigenvalue weighted by atomic mass is 10.0. The van der Waals surface area contributed by atoms with Crippen LogP contribution in [-0.2, 0) is 0 Å². The maximum Gasteiger partial charge on any atom is 0.251 e. The number of hydrogen-bond acceptors (Lipinski definition) is 4. The molecule has 0 aliphatic carbocycles. The summed E-state index contributed by atoms with van der Waals surface area (Å²) in [6, 6.07) is 13.9. The highest BCUT2D eigenvalue weighted by atomic mass is 35.5. The smallest absolute Gasteiger partial charge is 0.251 e. The summed E-state index contributed by atoms with van der Waals surface area (Å²) >= 11 is 6.39. The second kappa shape index (κ2) is 10.4. The van der Waals surface area contributed by atoms with Gasteiger partial charge in [0, 0.05) is 30.4 Å². The van der Waals surface area contributed by atoms with E-state index in [1.54, 1.807) is 12.1 Å². The van der Waals surface area contributed by atoms with Gasteiger partial charge in [0.05, 0.1) is 18.2 Å². The van der Waals surface area contributed by atoms with E-state index in [0.717, 1.165) is 32.4 Å². The van der Waals surface area contributed by atoms with Crippen LogP contribution in [0.3, 0.4) is 0 Å². The van der Waals surface area contributed by atoms with E-state index in [-0.39, 0.29) is 11.9 Å². The lowest BCUT2D eigenvalue weighted by Crippen LogP contribution is -2.44. The van der Waals surface area contributed by atoms with Crippen molar-refractivity contribution in [2.45, 2.75) is 39.2 Å². The zero-order chi connectivity index (χ0) is 20.6. The minimum Gasteiger partial charge on any atom is -0.490 e. The molecule has 6 heteroatoms. The van der Waals surface area contributed by atoms with Crippen molar-refractivity contribution in [3.05, 3.63) is 53.1 Å². The second-order valence-corrected chi connectivity index (χ2v) is 7.54. The van der Waals surface area contributed by atoms with Crippen LogP contribution < -0.4 is 19.7 Å². The first-order chi connectivity index (χ1) is 14.1. The first-order valence-electron chi connectivity index (χ1n) is 10.3. The Morgan fingerprint density at radius 2 is 1.86 bits per heavy atom. The van der Waals surface area contributed by atoms with E-state index in [4.69, 9.17) is 21.1 Å². The number of rotatable bonds is 8. The van der Waals surface area contributed by atoms with Crippen molar-refractivity contribution in [2.75, 3.05) is 31.2 Å². The molecule has 0 bridgehead atoms. The third-order valence-corrected chi connectivity index (χ3v) is 5.25. The number of piperidine rings is 1. The van der Waals surface area contributed by atoms with Gasteiger partial charge in [0.15, 0.2) is 11.5 Å². The number of halogens is 1. The van der Waals surface area contributed by atoms with Crippen LogP contribution in [0.25, 0.3) is 0 Å². The molecule has 0 spiro atoms. The van der Waals surface area contributed by atoms with Crippen LogP contribution >= 0.6 is 11.6 Å². The molecule has 156 valence electrons. The Labute approximate surface area is 177 Å². The van der Waals surface area contributed by atoms with Gasteiger partial charge in [0.2, 0.25) is 0 Å². The fourth-order valence-electron chi connectivity index (χ4n) is 3.50. The minimum atomic E-state index is -0.131. The zero-order valence-electron chi connectivity index (χ0n) is 17.1. The van der Waals surface area contributed by atoms with Gasteiger partial charge >= 0.3 is 0 Å². The molecule has 5 nitrogen and oxygen atoms in total. The lowest BCUT2D eigenvalue weighted by molar-refractivity contribution is 0.0930. The van der Waals surface area contributed by atoms with Crippen molar-refractivity contribution >= 4 is 23.2 Å². The van der Waals surface area contributed by atoms with Gasteiger partial charge < -0.3 is 19.7 Å². The molecule has 3 rings (SSSR count). The summed E-state index contributed by atoms with van der Waals surface area (Å²) in [5, 5.41) is 3.54.